The molecular weight excluding hydrogens is 396 g/mol. The lowest BCUT2D eigenvalue weighted by molar-refractivity contribution is -0.142. The molecule has 1 heterocycles. The van der Waals surface area contributed by atoms with Crippen LogP contribution in [0.15, 0.2) is 46.7 Å². The second kappa shape index (κ2) is 9.57. The third-order valence-corrected chi connectivity index (χ3v) is 6.19. The smallest absolute Gasteiger partial charge is 0.331 e. The van der Waals surface area contributed by atoms with Crippen molar-refractivity contribution < 1.29 is 19.1 Å². The van der Waals surface area contributed by atoms with E-state index >= 15 is 0 Å². The van der Waals surface area contributed by atoms with Gasteiger partial charge in [-0.25, -0.2) is 4.79 Å². The molecule has 6 nitrogen and oxygen atoms in total. The van der Waals surface area contributed by atoms with Crippen molar-refractivity contribution in [2.24, 2.45) is 5.73 Å². The predicted octanol–water partition coefficient (Wildman–Crippen LogP) is 3.51. The number of thioether (sulfide) groups is 1. The number of rotatable bonds is 7. The molecule has 0 radical (unpaired) electrons. The zero-order chi connectivity index (χ0) is 19.9. The molecule has 1 aliphatic carbocycles. The van der Waals surface area contributed by atoms with Crippen LogP contribution in [0.5, 0.6) is 0 Å². The summed E-state index contributed by atoms with van der Waals surface area (Å²) in [4.78, 5) is 37.8. The number of thiophene rings is 1. The number of esters is 1. The minimum atomic E-state index is -0.612. The van der Waals surface area contributed by atoms with Gasteiger partial charge < -0.3 is 15.8 Å². The van der Waals surface area contributed by atoms with E-state index in [0.29, 0.717) is 10.6 Å². The van der Waals surface area contributed by atoms with Gasteiger partial charge in [-0.1, -0.05) is 30.0 Å². The van der Waals surface area contributed by atoms with Crippen molar-refractivity contribution in [1.29, 1.82) is 0 Å². The predicted molar refractivity (Wildman–Crippen MR) is 111 cm³/mol. The summed E-state index contributed by atoms with van der Waals surface area (Å²) in [6, 6.07) is 9.56. The first-order valence-electron chi connectivity index (χ1n) is 8.84. The molecule has 146 valence electrons. The molecule has 1 aromatic heterocycles. The molecule has 0 fully saturated rings. The fraction of sp³-hybridized carbons (Fsp3) is 0.250. The molecule has 0 spiro atoms. The van der Waals surface area contributed by atoms with E-state index in [2.05, 4.69) is 5.32 Å². The molecule has 28 heavy (non-hydrogen) atoms. The van der Waals surface area contributed by atoms with Crippen LogP contribution in [0.1, 0.15) is 33.6 Å². The number of anilines is 1. The number of amides is 2. The van der Waals surface area contributed by atoms with Gasteiger partial charge in [-0.2, -0.15) is 0 Å². The van der Waals surface area contributed by atoms with Crippen LogP contribution in [0.3, 0.4) is 0 Å². The highest BCUT2D eigenvalue weighted by Gasteiger charge is 2.25. The topological polar surface area (TPSA) is 98.5 Å². The van der Waals surface area contributed by atoms with Gasteiger partial charge in [-0.3, -0.25) is 9.59 Å². The zero-order valence-corrected chi connectivity index (χ0v) is 16.7. The van der Waals surface area contributed by atoms with E-state index in [1.54, 1.807) is 5.41 Å². The number of nitrogens with one attached hydrogen (secondary N) is 1. The molecule has 0 saturated heterocycles. The summed E-state index contributed by atoms with van der Waals surface area (Å²) in [5.74, 6) is -1.66. The van der Waals surface area contributed by atoms with Gasteiger partial charge in [0, 0.05) is 15.8 Å². The van der Waals surface area contributed by atoms with E-state index in [-0.39, 0.29) is 0 Å². The Hall–Kier alpha value is -2.58. The van der Waals surface area contributed by atoms with Crippen LogP contribution in [0.2, 0.25) is 0 Å². The standard InChI is InChI=1S/C20H20N2O4S2/c21-19(25)18-14-8-4-5-9-15(14)28-20(18)22-16(23)12-26-17(24)10-11-27-13-6-2-1-3-7-13/h1-3,6-7,10-11H,4-5,8-9,12H2,(H2,21,25)(H,22,23)/b11-10+. The molecule has 0 aliphatic heterocycles. The van der Waals surface area contributed by atoms with Gasteiger partial charge in [0.15, 0.2) is 6.61 Å². The van der Waals surface area contributed by atoms with Crippen LogP contribution in [-0.4, -0.2) is 24.4 Å². The number of hydrogen-bond acceptors (Lipinski definition) is 6. The lowest BCUT2D eigenvalue weighted by Gasteiger charge is -2.11. The number of ether oxygens (including phenoxy) is 1. The fourth-order valence-electron chi connectivity index (χ4n) is 2.93. The molecule has 2 aromatic rings. The summed E-state index contributed by atoms with van der Waals surface area (Å²) >= 11 is 2.75. The summed E-state index contributed by atoms with van der Waals surface area (Å²) in [6.45, 7) is -0.431. The number of hydrogen-bond donors (Lipinski definition) is 2. The average Bonchev–Trinajstić information content (AvgIpc) is 3.05. The Balaban J connectivity index is 1.52. The maximum absolute atomic E-state index is 12.1. The Morgan fingerprint density at radius 3 is 2.68 bits per heavy atom. The minimum absolute atomic E-state index is 0.388. The summed E-state index contributed by atoms with van der Waals surface area (Å²) in [6.07, 6.45) is 5.00. The van der Waals surface area contributed by atoms with Crippen LogP contribution < -0.4 is 11.1 Å². The normalized spacial score (nSPS) is 13.1. The molecule has 0 atom stereocenters. The van der Waals surface area contributed by atoms with Gasteiger partial charge in [0.1, 0.15) is 5.00 Å². The number of aryl methyl sites for hydroxylation is 1. The number of benzene rings is 1. The van der Waals surface area contributed by atoms with Crippen molar-refractivity contribution in [3.63, 3.8) is 0 Å². The average molecular weight is 417 g/mol. The minimum Gasteiger partial charge on any atom is -0.452 e. The van der Waals surface area contributed by atoms with Crippen LogP contribution in [0.25, 0.3) is 0 Å². The number of carbonyl (C=O) groups is 3. The number of primary amides is 1. The van der Waals surface area contributed by atoms with E-state index in [9.17, 15) is 14.4 Å². The first-order valence-corrected chi connectivity index (χ1v) is 10.5. The van der Waals surface area contributed by atoms with E-state index in [1.165, 1.54) is 29.2 Å². The molecule has 2 amide bonds. The maximum atomic E-state index is 12.1. The fourth-order valence-corrected chi connectivity index (χ4v) is 4.89. The molecule has 1 aliphatic rings. The third kappa shape index (κ3) is 5.24. The second-order valence-electron chi connectivity index (χ2n) is 6.17. The largest absolute Gasteiger partial charge is 0.452 e. The van der Waals surface area contributed by atoms with Crippen molar-refractivity contribution in [2.45, 2.75) is 30.6 Å². The summed E-state index contributed by atoms with van der Waals surface area (Å²) in [7, 11) is 0. The molecule has 0 saturated carbocycles. The van der Waals surface area contributed by atoms with Gasteiger partial charge in [0.25, 0.3) is 11.8 Å². The Kier molecular flexibility index (Phi) is 6.89. The maximum Gasteiger partial charge on any atom is 0.331 e. The van der Waals surface area contributed by atoms with Crippen LogP contribution in [0, 0.1) is 0 Å². The highest BCUT2D eigenvalue weighted by Crippen LogP contribution is 2.37. The van der Waals surface area contributed by atoms with Crippen LogP contribution in [-0.2, 0) is 27.2 Å². The molecule has 3 N–H and O–H groups in total. The van der Waals surface area contributed by atoms with E-state index in [0.717, 1.165) is 41.0 Å². The lowest BCUT2D eigenvalue weighted by Crippen LogP contribution is -2.22. The lowest BCUT2D eigenvalue weighted by atomic mass is 9.95. The summed E-state index contributed by atoms with van der Waals surface area (Å²) < 4.78 is 4.95. The van der Waals surface area contributed by atoms with Crippen molar-refractivity contribution in [2.75, 3.05) is 11.9 Å². The third-order valence-electron chi connectivity index (χ3n) is 4.17. The first-order chi connectivity index (χ1) is 13.5. The Morgan fingerprint density at radius 1 is 1.18 bits per heavy atom. The SMILES string of the molecule is NC(=O)c1c(NC(=O)COC(=O)/C=C/Sc2ccccc2)sc2c1CCCC2. The number of nitrogens with two attached hydrogens (primary N) is 1. The molecule has 8 heteroatoms. The van der Waals surface area contributed by atoms with Crippen molar-refractivity contribution in [1.82, 2.24) is 0 Å². The second-order valence-corrected chi connectivity index (χ2v) is 8.25. The van der Waals surface area contributed by atoms with Gasteiger partial charge in [0.2, 0.25) is 0 Å². The molecule has 3 rings (SSSR count). The van der Waals surface area contributed by atoms with Gasteiger partial charge in [-0.15, -0.1) is 11.3 Å². The first kappa shape index (κ1) is 20.2. The molecule has 0 bridgehead atoms. The van der Waals surface area contributed by atoms with E-state index in [4.69, 9.17) is 10.5 Å². The highest BCUT2D eigenvalue weighted by molar-refractivity contribution is 8.02. The summed E-state index contributed by atoms with van der Waals surface area (Å²) in [5, 5.41) is 4.70. The van der Waals surface area contributed by atoms with Crippen molar-refractivity contribution in [3.8, 4) is 0 Å². The number of carbonyl (C=O) groups excluding carboxylic acids is 3. The molecule has 1 aromatic carbocycles. The summed E-state index contributed by atoms with van der Waals surface area (Å²) in [5.41, 5.74) is 6.83. The highest BCUT2D eigenvalue weighted by atomic mass is 32.2. The molecular formula is C20H20N2O4S2. The van der Waals surface area contributed by atoms with Crippen LogP contribution >= 0.6 is 23.1 Å². The Labute approximate surface area is 171 Å². The van der Waals surface area contributed by atoms with E-state index < -0.39 is 24.4 Å². The molecule has 0 unspecified atom stereocenters. The van der Waals surface area contributed by atoms with Gasteiger partial charge in [0.05, 0.1) is 5.56 Å². The Morgan fingerprint density at radius 2 is 1.93 bits per heavy atom. The van der Waals surface area contributed by atoms with Crippen molar-refractivity contribution >= 4 is 45.9 Å². The number of fused-ring (bicyclic) bond motifs is 1. The van der Waals surface area contributed by atoms with E-state index in [1.807, 2.05) is 30.3 Å². The monoisotopic (exact) mass is 416 g/mol. The van der Waals surface area contributed by atoms with Crippen LogP contribution in [0.4, 0.5) is 5.00 Å². The van der Waals surface area contributed by atoms with Gasteiger partial charge in [-0.05, 0) is 48.8 Å². The Bertz CT molecular complexity index is 906. The zero-order valence-electron chi connectivity index (χ0n) is 15.1. The van der Waals surface area contributed by atoms with Gasteiger partial charge >= 0.3 is 5.97 Å². The quantitative estimate of drug-likeness (QED) is 0.409. The van der Waals surface area contributed by atoms with Crippen molar-refractivity contribution in [3.05, 3.63) is 57.8 Å².